The molecule has 1 aromatic carbocycles. The van der Waals surface area contributed by atoms with Crippen molar-refractivity contribution in [3.05, 3.63) is 28.2 Å². The van der Waals surface area contributed by atoms with Crippen LogP contribution in [0, 0.1) is 0 Å². The molecule has 1 heterocycles. The highest BCUT2D eigenvalue weighted by Gasteiger charge is 2.30. The molecule has 1 aliphatic heterocycles. The van der Waals surface area contributed by atoms with Gasteiger partial charge in [-0.2, -0.15) is 0 Å². The van der Waals surface area contributed by atoms with E-state index in [1.807, 2.05) is 12.1 Å². The third-order valence-electron chi connectivity index (χ3n) is 3.02. The normalized spacial score (nSPS) is 25.6. The fourth-order valence-corrected chi connectivity index (χ4v) is 2.49. The summed E-state index contributed by atoms with van der Waals surface area (Å²) in [6.45, 7) is 1.57. The number of nitrogens with one attached hydrogen (secondary N) is 1. The molecule has 88 valence electrons. The predicted molar refractivity (Wildman–Crippen MR) is 66.6 cm³/mol. The van der Waals surface area contributed by atoms with Crippen molar-refractivity contribution in [2.75, 3.05) is 13.1 Å². The van der Waals surface area contributed by atoms with Crippen LogP contribution in [0.4, 0.5) is 0 Å². The number of hydrogen-bond acceptors (Lipinski definition) is 3. The molecular weight excluding hydrogens is 270 g/mol. The van der Waals surface area contributed by atoms with Crippen LogP contribution in [0.2, 0.25) is 0 Å². The third-order valence-corrected chi connectivity index (χ3v) is 3.51. The van der Waals surface area contributed by atoms with Gasteiger partial charge in [0.15, 0.2) is 0 Å². The number of halogens is 1. The van der Waals surface area contributed by atoms with E-state index >= 15 is 0 Å². The predicted octanol–water partition coefficient (Wildman–Crippen LogP) is 1.81. The molecule has 0 amide bonds. The maximum Gasteiger partial charge on any atom is 0.119 e. The van der Waals surface area contributed by atoms with Crippen LogP contribution < -0.4 is 5.32 Å². The molecular formula is C12H16BrNO2. The van der Waals surface area contributed by atoms with Crippen molar-refractivity contribution in [1.29, 1.82) is 0 Å². The van der Waals surface area contributed by atoms with E-state index in [9.17, 15) is 10.2 Å². The molecule has 0 aliphatic carbocycles. The molecule has 16 heavy (non-hydrogen) atoms. The van der Waals surface area contributed by atoms with E-state index in [-0.39, 0.29) is 5.75 Å². The van der Waals surface area contributed by atoms with Crippen LogP contribution in [-0.4, -0.2) is 28.9 Å². The SMILES string of the molecule is Oc1cc(Br)ccc1CC1(O)CCCNC1. The molecule has 2 rings (SSSR count). The Morgan fingerprint density at radius 2 is 2.25 bits per heavy atom. The summed E-state index contributed by atoms with van der Waals surface area (Å²) < 4.78 is 0.850. The maximum atomic E-state index is 10.3. The molecule has 4 heteroatoms. The molecule has 0 bridgehead atoms. The molecule has 3 nitrogen and oxygen atoms in total. The average molecular weight is 286 g/mol. The largest absolute Gasteiger partial charge is 0.508 e. The van der Waals surface area contributed by atoms with Gasteiger partial charge in [-0.3, -0.25) is 0 Å². The minimum atomic E-state index is -0.719. The highest BCUT2D eigenvalue weighted by atomic mass is 79.9. The van der Waals surface area contributed by atoms with E-state index in [2.05, 4.69) is 21.2 Å². The standard InChI is InChI=1S/C12H16BrNO2/c13-10-3-2-9(11(15)6-10)7-12(16)4-1-5-14-8-12/h2-3,6,14-16H,1,4-5,7-8H2. The van der Waals surface area contributed by atoms with Crippen LogP contribution >= 0.6 is 15.9 Å². The van der Waals surface area contributed by atoms with Gasteiger partial charge in [-0.25, -0.2) is 0 Å². The second-order valence-corrected chi connectivity index (χ2v) is 5.37. The summed E-state index contributed by atoms with van der Waals surface area (Å²) in [5, 5.41) is 23.3. The number of phenols is 1. The minimum absolute atomic E-state index is 0.244. The Morgan fingerprint density at radius 1 is 1.44 bits per heavy atom. The Labute approximate surface area is 104 Å². The number of aliphatic hydroxyl groups is 1. The number of β-amino-alcohol motifs (C(OH)–C–C–N with tert-alkyl or cyclic N) is 1. The Hall–Kier alpha value is -0.580. The number of aromatic hydroxyl groups is 1. The molecule has 0 aromatic heterocycles. The van der Waals surface area contributed by atoms with E-state index in [1.165, 1.54) is 0 Å². The van der Waals surface area contributed by atoms with Gasteiger partial charge in [0.2, 0.25) is 0 Å². The molecule has 0 spiro atoms. The summed E-state index contributed by atoms with van der Waals surface area (Å²) in [6.07, 6.45) is 2.27. The summed E-state index contributed by atoms with van der Waals surface area (Å²) in [4.78, 5) is 0. The lowest BCUT2D eigenvalue weighted by Gasteiger charge is -2.32. The van der Waals surface area contributed by atoms with E-state index in [4.69, 9.17) is 0 Å². The number of phenolic OH excluding ortho intramolecular Hbond substituents is 1. The molecule has 1 aromatic rings. The highest BCUT2D eigenvalue weighted by Crippen LogP contribution is 2.28. The van der Waals surface area contributed by atoms with E-state index < -0.39 is 5.60 Å². The van der Waals surface area contributed by atoms with E-state index in [1.54, 1.807) is 6.07 Å². The number of piperidine rings is 1. The first kappa shape index (κ1) is 11.9. The fraction of sp³-hybridized carbons (Fsp3) is 0.500. The molecule has 1 fully saturated rings. The Bertz CT molecular complexity index is 375. The highest BCUT2D eigenvalue weighted by molar-refractivity contribution is 9.10. The summed E-state index contributed by atoms with van der Waals surface area (Å²) in [7, 11) is 0. The van der Waals surface area contributed by atoms with E-state index in [0.717, 1.165) is 29.4 Å². The van der Waals surface area contributed by atoms with Crippen molar-refractivity contribution in [2.24, 2.45) is 0 Å². The van der Waals surface area contributed by atoms with Crippen molar-refractivity contribution in [1.82, 2.24) is 5.32 Å². The van der Waals surface area contributed by atoms with Gasteiger partial charge >= 0.3 is 0 Å². The van der Waals surface area contributed by atoms with Crippen molar-refractivity contribution in [3.63, 3.8) is 0 Å². The van der Waals surface area contributed by atoms with Crippen molar-refractivity contribution >= 4 is 15.9 Å². The minimum Gasteiger partial charge on any atom is -0.508 e. The Kier molecular flexibility index (Phi) is 3.52. The molecule has 1 atom stereocenters. The smallest absolute Gasteiger partial charge is 0.119 e. The Balaban J connectivity index is 2.13. The zero-order chi connectivity index (χ0) is 11.6. The van der Waals surface area contributed by atoms with Gasteiger partial charge in [0.05, 0.1) is 5.60 Å². The molecule has 1 saturated heterocycles. The molecule has 1 aliphatic rings. The summed E-state index contributed by atoms with van der Waals surface area (Å²) in [6, 6.07) is 5.40. The average Bonchev–Trinajstić information content (AvgIpc) is 2.23. The first-order valence-corrected chi connectivity index (χ1v) is 6.29. The van der Waals surface area contributed by atoms with Crippen molar-refractivity contribution in [2.45, 2.75) is 24.9 Å². The lowest BCUT2D eigenvalue weighted by molar-refractivity contribution is 0.0165. The number of benzene rings is 1. The van der Waals surface area contributed by atoms with Crippen molar-refractivity contribution < 1.29 is 10.2 Å². The van der Waals surface area contributed by atoms with Gasteiger partial charge in [-0.1, -0.05) is 22.0 Å². The first-order chi connectivity index (χ1) is 7.59. The zero-order valence-electron chi connectivity index (χ0n) is 9.04. The lowest BCUT2D eigenvalue weighted by Crippen LogP contribution is -2.47. The Morgan fingerprint density at radius 3 is 2.88 bits per heavy atom. The monoisotopic (exact) mass is 285 g/mol. The van der Waals surface area contributed by atoms with Crippen LogP contribution in [0.1, 0.15) is 18.4 Å². The van der Waals surface area contributed by atoms with E-state index in [0.29, 0.717) is 13.0 Å². The topological polar surface area (TPSA) is 52.5 Å². The van der Waals surface area contributed by atoms with Crippen molar-refractivity contribution in [3.8, 4) is 5.75 Å². The maximum absolute atomic E-state index is 10.3. The lowest BCUT2D eigenvalue weighted by atomic mass is 9.87. The molecule has 3 N–H and O–H groups in total. The second kappa shape index (κ2) is 4.73. The van der Waals surface area contributed by atoms with Gasteiger partial charge in [-0.05, 0) is 37.1 Å². The van der Waals surface area contributed by atoms with Gasteiger partial charge in [0.25, 0.3) is 0 Å². The molecule has 0 saturated carbocycles. The second-order valence-electron chi connectivity index (χ2n) is 4.45. The van der Waals surface area contributed by atoms with Gasteiger partial charge < -0.3 is 15.5 Å². The van der Waals surface area contributed by atoms with Gasteiger partial charge in [-0.15, -0.1) is 0 Å². The van der Waals surface area contributed by atoms with Crippen LogP contribution in [0.25, 0.3) is 0 Å². The summed E-state index contributed by atoms with van der Waals surface area (Å²) in [5.74, 6) is 0.244. The van der Waals surface area contributed by atoms with Crippen LogP contribution in [0.15, 0.2) is 22.7 Å². The summed E-state index contributed by atoms with van der Waals surface area (Å²) in [5.41, 5.74) is 0.0817. The van der Waals surface area contributed by atoms with Gasteiger partial charge in [0, 0.05) is 17.4 Å². The van der Waals surface area contributed by atoms with Gasteiger partial charge in [0.1, 0.15) is 5.75 Å². The first-order valence-electron chi connectivity index (χ1n) is 5.50. The quantitative estimate of drug-likeness (QED) is 0.777. The zero-order valence-corrected chi connectivity index (χ0v) is 10.6. The molecule has 1 unspecified atom stereocenters. The molecule has 0 radical (unpaired) electrons. The summed E-state index contributed by atoms with van der Waals surface area (Å²) >= 11 is 3.30. The number of hydrogen-bond donors (Lipinski definition) is 3. The third kappa shape index (κ3) is 2.75. The van der Waals surface area contributed by atoms with Crippen LogP contribution in [-0.2, 0) is 6.42 Å². The fourth-order valence-electron chi connectivity index (χ4n) is 2.14. The van der Waals surface area contributed by atoms with Crippen LogP contribution in [0.3, 0.4) is 0 Å². The number of rotatable bonds is 2. The van der Waals surface area contributed by atoms with Crippen LogP contribution in [0.5, 0.6) is 5.75 Å².